The third kappa shape index (κ3) is 62.3. The fourth-order valence-electron chi connectivity index (χ4n) is 8.43. The van der Waals surface area contributed by atoms with E-state index < -0.39 is 6.10 Å². The van der Waals surface area contributed by atoms with Gasteiger partial charge in [0, 0.05) is 19.3 Å². The normalized spacial score (nSPS) is 13.0. The molecule has 0 heterocycles. The van der Waals surface area contributed by atoms with Crippen molar-refractivity contribution in [1.29, 1.82) is 0 Å². The molecule has 0 aromatic heterocycles. The van der Waals surface area contributed by atoms with Crippen molar-refractivity contribution in [3.63, 3.8) is 0 Å². The van der Waals surface area contributed by atoms with Crippen LogP contribution in [0.2, 0.25) is 0 Å². The van der Waals surface area contributed by atoms with E-state index in [1.807, 2.05) is 0 Å². The molecule has 77 heavy (non-hydrogen) atoms. The molecule has 1 unspecified atom stereocenters. The minimum absolute atomic E-state index is 0.0959. The zero-order chi connectivity index (χ0) is 55.7. The van der Waals surface area contributed by atoms with E-state index in [0.717, 1.165) is 148 Å². The topological polar surface area (TPSA) is 78.9 Å². The Labute approximate surface area is 475 Å². The number of hydrogen-bond acceptors (Lipinski definition) is 6. The standard InChI is InChI=1S/C71H116O6/c1-4-7-10-13-16-19-22-25-27-29-30-31-32-33-34-35-36-37-38-39-40-42-43-46-49-52-55-58-61-64-70(73)76-67-68(66-75-69(72)63-60-57-54-51-48-45-24-21-18-15-12-9-6-3)77-71(74)65-62-59-56-53-50-47-44-41-28-26-23-20-17-14-11-8-5-2/h7-8,10-11,16-17,19-21,24-28,30-31,33-34,36-37,44,47,68H,4-6,9,12-15,18,22-23,29,32,35,38-43,45-46,48-67H2,1-3H3/b10-7-,11-8-,19-16-,20-17-,24-21-,27-25-,28-26-,31-30-,34-33-,37-36-,47-44-. The van der Waals surface area contributed by atoms with Crippen LogP contribution in [-0.2, 0) is 28.6 Å². The molecule has 1 atom stereocenters. The summed E-state index contributed by atoms with van der Waals surface area (Å²) in [6.07, 6.45) is 90.3. The van der Waals surface area contributed by atoms with Gasteiger partial charge in [-0.3, -0.25) is 14.4 Å². The van der Waals surface area contributed by atoms with Crippen LogP contribution in [0.4, 0.5) is 0 Å². The molecular formula is C71H116O6. The van der Waals surface area contributed by atoms with Gasteiger partial charge in [0.15, 0.2) is 6.10 Å². The predicted octanol–water partition coefficient (Wildman–Crippen LogP) is 21.8. The van der Waals surface area contributed by atoms with Gasteiger partial charge in [-0.2, -0.15) is 0 Å². The van der Waals surface area contributed by atoms with Crippen molar-refractivity contribution in [3.05, 3.63) is 134 Å². The van der Waals surface area contributed by atoms with Gasteiger partial charge in [0.2, 0.25) is 0 Å². The second kappa shape index (κ2) is 64.1. The molecule has 0 fully saturated rings. The Balaban J connectivity index is 4.34. The number of allylic oxidation sites excluding steroid dienone is 22. The summed E-state index contributed by atoms with van der Waals surface area (Å²) < 4.78 is 16.9. The average Bonchev–Trinajstić information content (AvgIpc) is 3.43. The van der Waals surface area contributed by atoms with Gasteiger partial charge >= 0.3 is 17.9 Å². The lowest BCUT2D eigenvalue weighted by atomic mass is 10.1. The van der Waals surface area contributed by atoms with Crippen LogP contribution in [0.3, 0.4) is 0 Å². The number of carbonyl (C=O) groups excluding carboxylic acids is 3. The maximum atomic E-state index is 12.9. The first kappa shape index (κ1) is 72.5. The lowest BCUT2D eigenvalue weighted by Gasteiger charge is -2.18. The number of ether oxygens (including phenoxy) is 3. The first-order chi connectivity index (χ1) is 38.0. The van der Waals surface area contributed by atoms with E-state index in [4.69, 9.17) is 14.2 Å². The first-order valence-electron chi connectivity index (χ1n) is 31.7. The van der Waals surface area contributed by atoms with E-state index in [-0.39, 0.29) is 31.1 Å². The number of unbranched alkanes of at least 4 members (excludes halogenated alkanes) is 23. The molecule has 0 aliphatic heterocycles. The predicted molar refractivity (Wildman–Crippen MR) is 334 cm³/mol. The van der Waals surface area contributed by atoms with Crippen molar-refractivity contribution < 1.29 is 28.6 Å². The molecule has 6 heteroatoms. The Morgan fingerprint density at radius 3 is 0.805 bits per heavy atom. The SMILES string of the molecule is CC/C=C\C/C=C\C/C=C\C/C=C\C/C=C\C/C=C\CCCCCCCCCCCCC(=O)OCC(COC(=O)CCCCCCC/C=C\CCCCCC)OC(=O)CCCCCC/C=C\C/C=C\C/C=C\C/C=C\CC. The van der Waals surface area contributed by atoms with Crippen LogP contribution < -0.4 is 0 Å². The molecule has 0 bridgehead atoms. The summed E-state index contributed by atoms with van der Waals surface area (Å²) >= 11 is 0. The average molecular weight is 1070 g/mol. The Morgan fingerprint density at radius 1 is 0.273 bits per heavy atom. The number of rotatable bonds is 56. The fraction of sp³-hybridized carbons (Fsp3) is 0.648. The third-order valence-corrected chi connectivity index (χ3v) is 13.1. The zero-order valence-electron chi connectivity index (χ0n) is 49.9. The van der Waals surface area contributed by atoms with Crippen LogP contribution in [0.5, 0.6) is 0 Å². The molecule has 6 nitrogen and oxygen atoms in total. The number of esters is 3. The van der Waals surface area contributed by atoms with Gasteiger partial charge in [0.25, 0.3) is 0 Å². The monoisotopic (exact) mass is 1060 g/mol. The molecule has 0 radical (unpaired) electrons. The quantitative estimate of drug-likeness (QED) is 0.0261. The first-order valence-corrected chi connectivity index (χ1v) is 31.7. The summed E-state index contributed by atoms with van der Waals surface area (Å²) in [5.74, 6) is -0.932. The highest BCUT2D eigenvalue weighted by molar-refractivity contribution is 5.71. The van der Waals surface area contributed by atoms with Crippen LogP contribution in [0.1, 0.15) is 278 Å². The summed E-state index contributed by atoms with van der Waals surface area (Å²) in [5, 5.41) is 0. The second-order valence-corrected chi connectivity index (χ2v) is 20.5. The summed E-state index contributed by atoms with van der Waals surface area (Å²) in [6, 6.07) is 0. The number of hydrogen-bond donors (Lipinski definition) is 0. The van der Waals surface area contributed by atoms with Gasteiger partial charge in [0.1, 0.15) is 13.2 Å². The minimum Gasteiger partial charge on any atom is -0.462 e. The van der Waals surface area contributed by atoms with E-state index in [1.165, 1.54) is 89.9 Å². The van der Waals surface area contributed by atoms with Crippen LogP contribution in [-0.4, -0.2) is 37.2 Å². The van der Waals surface area contributed by atoms with Crippen LogP contribution in [0.15, 0.2) is 134 Å². The van der Waals surface area contributed by atoms with Crippen molar-refractivity contribution in [2.24, 2.45) is 0 Å². The maximum absolute atomic E-state index is 12.9. The summed E-state index contributed by atoms with van der Waals surface area (Å²) in [4.78, 5) is 38.3. The fourth-order valence-corrected chi connectivity index (χ4v) is 8.43. The van der Waals surface area contributed by atoms with E-state index in [9.17, 15) is 14.4 Å². The molecule has 0 rings (SSSR count). The van der Waals surface area contributed by atoms with Crippen molar-refractivity contribution >= 4 is 17.9 Å². The molecule has 0 saturated carbocycles. The minimum atomic E-state index is -0.801. The van der Waals surface area contributed by atoms with Gasteiger partial charge in [-0.25, -0.2) is 0 Å². The lowest BCUT2D eigenvalue weighted by molar-refractivity contribution is -0.167. The van der Waals surface area contributed by atoms with Gasteiger partial charge < -0.3 is 14.2 Å². The van der Waals surface area contributed by atoms with E-state index in [1.54, 1.807) is 0 Å². The summed E-state index contributed by atoms with van der Waals surface area (Å²) in [6.45, 7) is 6.37. The van der Waals surface area contributed by atoms with E-state index in [0.29, 0.717) is 19.3 Å². The van der Waals surface area contributed by atoms with Crippen LogP contribution >= 0.6 is 0 Å². The Kier molecular flexibility index (Phi) is 60.4. The highest BCUT2D eigenvalue weighted by atomic mass is 16.6. The van der Waals surface area contributed by atoms with Crippen LogP contribution in [0.25, 0.3) is 0 Å². The van der Waals surface area contributed by atoms with Crippen molar-refractivity contribution in [2.75, 3.05) is 13.2 Å². The highest BCUT2D eigenvalue weighted by Crippen LogP contribution is 2.15. The lowest BCUT2D eigenvalue weighted by Crippen LogP contribution is -2.30. The largest absolute Gasteiger partial charge is 0.462 e. The summed E-state index contributed by atoms with van der Waals surface area (Å²) in [7, 11) is 0. The number of carbonyl (C=O) groups is 3. The molecule has 0 spiro atoms. The Hall–Kier alpha value is -4.45. The maximum Gasteiger partial charge on any atom is 0.306 e. The Morgan fingerprint density at radius 2 is 0.506 bits per heavy atom. The van der Waals surface area contributed by atoms with Crippen molar-refractivity contribution in [1.82, 2.24) is 0 Å². The molecule has 0 aliphatic carbocycles. The third-order valence-electron chi connectivity index (χ3n) is 13.1. The van der Waals surface area contributed by atoms with E-state index >= 15 is 0 Å². The summed E-state index contributed by atoms with van der Waals surface area (Å²) in [5.41, 5.74) is 0. The second-order valence-electron chi connectivity index (χ2n) is 20.5. The zero-order valence-corrected chi connectivity index (χ0v) is 49.9. The van der Waals surface area contributed by atoms with Gasteiger partial charge in [-0.15, -0.1) is 0 Å². The molecule has 0 aromatic carbocycles. The van der Waals surface area contributed by atoms with Gasteiger partial charge in [0.05, 0.1) is 0 Å². The molecule has 0 N–H and O–H groups in total. The highest BCUT2D eigenvalue weighted by Gasteiger charge is 2.19. The van der Waals surface area contributed by atoms with Crippen molar-refractivity contribution in [3.8, 4) is 0 Å². The molecule has 0 amide bonds. The molecule has 0 aliphatic rings. The molecular weight excluding hydrogens is 949 g/mol. The van der Waals surface area contributed by atoms with Crippen molar-refractivity contribution in [2.45, 2.75) is 284 Å². The van der Waals surface area contributed by atoms with Gasteiger partial charge in [-0.1, -0.05) is 257 Å². The Bertz CT molecular complexity index is 1650. The van der Waals surface area contributed by atoms with E-state index in [2.05, 4.69) is 154 Å². The molecule has 436 valence electrons. The molecule has 0 aromatic rings. The van der Waals surface area contributed by atoms with Crippen LogP contribution in [0, 0.1) is 0 Å². The molecule has 0 saturated heterocycles. The smallest absolute Gasteiger partial charge is 0.306 e. The van der Waals surface area contributed by atoms with Gasteiger partial charge in [-0.05, 0) is 135 Å².